The van der Waals surface area contributed by atoms with Crippen molar-refractivity contribution in [2.45, 2.75) is 19.3 Å². The molecule has 1 N–H and O–H groups in total. The zero-order chi connectivity index (χ0) is 12.8. The number of rotatable bonds is 4. The van der Waals surface area contributed by atoms with Gasteiger partial charge in [-0.25, -0.2) is 0 Å². The molecule has 0 saturated carbocycles. The van der Waals surface area contributed by atoms with Crippen LogP contribution in [0.5, 0.6) is 0 Å². The lowest BCUT2D eigenvalue weighted by Crippen LogP contribution is -2.21. The van der Waals surface area contributed by atoms with Gasteiger partial charge in [-0.3, -0.25) is 14.4 Å². The van der Waals surface area contributed by atoms with Crippen molar-refractivity contribution in [2.75, 3.05) is 0 Å². The molecule has 1 aromatic rings. The number of aliphatic carboxylic acids is 1. The quantitative estimate of drug-likeness (QED) is 0.630. The molecular weight excluding hydrogens is 224 g/mol. The smallest absolute Gasteiger partial charge is 0.321 e. The highest BCUT2D eigenvalue weighted by Gasteiger charge is 2.26. The predicted octanol–water partition coefficient (Wildman–Crippen LogP) is 1.33. The Morgan fingerprint density at radius 2 is 1.82 bits per heavy atom. The number of carbonyl (C=O) groups excluding carboxylic acids is 2. The summed E-state index contributed by atoms with van der Waals surface area (Å²) in [5.74, 6) is -3.68. The largest absolute Gasteiger partial charge is 0.481 e. The average Bonchev–Trinajstić information content (AvgIpc) is 2.25. The maximum Gasteiger partial charge on any atom is 0.321 e. The van der Waals surface area contributed by atoms with E-state index in [0.717, 1.165) is 6.92 Å². The van der Waals surface area contributed by atoms with E-state index in [4.69, 9.17) is 5.11 Å². The molecule has 0 aliphatic rings. The number of hydrogen-bond acceptors (Lipinski definition) is 4. The summed E-state index contributed by atoms with van der Waals surface area (Å²) in [5, 5.41) is 8.74. The average molecular weight is 236 g/mol. The third kappa shape index (κ3) is 4.06. The number of esters is 2. The lowest BCUT2D eigenvalue weighted by Gasteiger charge is -2.12. The van der Waals surface area contributed by atoms with Gasteiger partial charge in [-0.2, -0.15) is 0 Å². The van der Waals surface area contributed by atoms with Crippen molar-refractivity contribution < 1.29 is 24.2 Å². The van der Waals surface area contributed by atoms with Crippen LogP contribution in [0, 0.1) is 0 Å². The molecule has 0 saturated heterocycles. The van der Waals surface area contributed by atoms with E-state index < -0.39 is 30.2 Å². The number of benzene rings is 1. The van der Waals surface area contributed by atoms with Crippen LogP contribution in [0.15, 0.2) is 30.3 Å². The van der Waals surface area contributed by atoms with E-state index in [9.17, 15) is 14.4 Å². The first kappa shape index (κ1) is 12.9. The Morgan fingerprint density at radius 1 is 1.24 bits per heavy atom. The lowest BCUT2D eigenvalue weighted by molar-refractivity contribution is -0.160. The van der Waals surface area contributed by atoms with Crippen LogP contribution in [0.25, 0.3) is 0 Å². The molecule has 1 rings (SSSR count). The highest BCUT2D eigenvalue weighted by molar-refractivity contribution is 5.90. The Balaban J connectivity index is 2.92. The number of hydrogen-bond donors (Lipinski definition) is 1. The van der Waals surface area contributed by atoms with Crippen LogP contribution in [0.1, 0.15) is 24.8 Å². The van der Waals surface area contributed by atoms with Crippen molar-refractivity contribution in [3.63, 3.8) is 0 Å². The van der Waals surface area contributed by atoms with E-state index >= 15 is 0 Å². The molecule has 1 aromatic carbocycles. The number of carbonyl (C=O) groups is 3. The first-order valence-electron chi connectivity index (χ1n) is 4.99. The molecule has 5 heteroatoms. The second-order valence-corrected chi connectivity index (χ2v) is 3.47. The van der Waals surface area contributed by atoms with Crippen molar-refractivity contribution in [3.05, 3.63) is 35.9 Å². The molecule has 0 amide bonds. The van der Waals surface area contributed by atoms with Crippen LogP contribution in [0.4, 0.5) is 0 Å². The zero-order valence-corrected chi connectivity index (χ0v) is 9.25. The minimum absolute atomic E-state index is 0.407. The molecule has 0 fully saturated rings. The molecule has 5 nitrogen and oxygen atoms in total. The van der Waals surface area contributed by atoms with E-state index in [0.29, 0.717) is 5.56 Å². The summed E-state index contributed by atoms with van der Waals surface area (Å²) < 4.78 is 4.43. The monoisotopic (exact) mass is 236 g/mol. The molecule has 1 atom stereocenters. The highest BCUT2D eigenvalue weighted by Crippen LogP contribution is 2.21. The molecule has 0 aromatic heterocycles. The van der Waals surface area contributed by atoms with Gasteiger partial charge in [0.1, 0.15) is 0 Å². The minimum atomic E-state index is -1.13. The lowest BCUT2D eigenvalue weighted by atomic mass is 9.96. The molecule has 0 aliphatic carbocycles. The molecule has 17 heavy (non-hydrogen) atoms. The van der Waals surface area contributed by atoms with E-state index in [1.54, 1.807) is 30.3 Å². The summed E-state index contributed by atoms with van der Waals surface area (Å²) in [5.41, 5.74) is 0.515. The zero-order valence-electron chi connectivity index (χ0n) is 9.25. The van der Waals surface area contributed by atoms with Crippen molar-refractivity contribution >= 4 is 17.9 Å². The van der Waals surface area contributed by atoms with Gasteiger partial charge in [0.05, 0.1) is 12.3 Å². The van der Waals surface area contributed by atoms with Crippen LogP contribution in [-0.4, -0.2) is 23.0 Å². The normalized spacial score (nSPS) is 11.6. The predicted molar refractivity (Wildman–Crippen MR) is 58.2 cm³/mol. The van der Waals surface area contributed by atoms with Gasteiger partial charge < -0.3 is 9.84 Å². The Morgan fingerprint density at radius 3 is 2.29 bits per heavy atom. The van der Waals surface area contributed by atoms with Crippen molar-refractivity contribution in [1.29, 1.82) is 0 Å². The van der Waals surface area contributed by atoms with E-state index in [1.807, 2.05) is 0 Å². The van der Waals surface area contributed by atoms with E-state index in [1.165, 1.54) is 0 Å². The van der Waals surface area contributed by atoms with Gasteiger partial charge in [0.2, 0.25) is 0 Å². The summed E-state index contributed by atoms with van der Waals surface area (Å²) >= 11 is 0. The molecule has 0 spiro atoms. The Hall–Kier alpha value is -2.17. The number of carboxylic acid groups (broad SMARTS) is 1. The first-order chi connectivity index (χ1) is 8.00. The SMILES string of the molecule is CC(=O)OC(=O)C(CC(=O)O)c1ccccc1. The fourth-order valence-electron chi connectivity index (χ4n) is 1.41. The number of carboxylic acids is 1. The molecule has 0 radical (unpaired) electrons. The summed E-state index contributed by atoms with van der Waals surface area (Å²) in [4.78, 5) is 32.9. The fourth-order valence-corrected chi connectivity index (χ4v) is 1.41. The summed E-state index contributed by atoms with van der Waals surface area (Å²) in [6.07, 6.45) is -0.407. The van der Waals surface area contributed by atoms with Gasteiger partial charge in [-0.05, 0) is 5.56 Å². The number of ether oxygens (including phenoxy) is 1. The molecule has 90 valence electrons. The van der Waals surface area contributed by atoms with Crippen LogP contribution in [0.2, 0.25) is 0 Å². The van der Waals surface area contributed by atoms with Crippen LogP contribution in [-0.2, 0) is 19.1 Å². The van der Waals surface area contributed by atoms with Crippen LogP contribution < -0.4 is 0 Å². The summed E-state index contributed by atoms with van der Waals surface area (Å²) in [6.45, 7) is 1.10. The minimum Gasteiger partial charge on any atom is -0.481 e. The topological polar surface area (TPSA) is 80.7 Å². The molecule has 0 aliphatic heterocycles. The maximum atomic E-state index is 11.6. The van der Waals surface area contributed by atoms with Gasteiger partial charge >= 0.3 is 17.9 Å². The van der Waals surface area contributed by atoms with Gasteiger partial charge in [-0.1, -0.05) is 30.3 Å². The Labute approximate surface area is 98.0 Å². The van der Waals surface area contributed by atoms with Gasteiger partial charge in [0, 0.05) is 6.92 Å². The van der Waals surface area contributed by atoms with Gasteiger partial charge in [0.15, 0.2) is 0 Å². The van der Waals surface area contributed by atoms with Crippen LogP contribution >= 0.6 is 0 Å². The van der Waals surface area contributed by atoms with Gasteiger partial charge in [-0.15, -0.1) is 0 Å². The van der Waals surface area contributed by atoms with Crippen molar-refractivity contribution in [3.8, 4) is 0 Å². The standard InChI is InChI=1S/C12H12O5/c1-8(13)17-12(16)10(7-11(14)15)9-5-3-2-4-6-9/h2-6,10H,7H2,1H3,(H,14,15). The molecule has 1 unspecified atom stereocenters. The van der Waals surface area contributed by atoms with E-state index in [-0.39, 0.29) is 0 Å². The third-order valence-corrected chi connectivity index (χ3v) is 2.11. The Bertz CT molecular complexity index is 424. The summed E-state index contributed by atoms with van der Waals surface area (Å²) in [7, 11) is 0. The molecular formula is C12H12O5. The van der Waals surface area contributed by atoms with Crippen LogP contribution in [0.3, 0.4) is 0 Å². The third-order valence-electron chi connectivity index (χ3n) is 2.11. The maximum absolute atomic E-state index is 11.6. The highest BCUT2D eigenvalue weighted by atomic mass is 16.6. The molecule has 0 heterocycles. The summed E-state index contributed by atoms with van der Waals surface area (Å²) in [6, 6.07) is 8.36. The Kier molecular flexibility index (Phi) is 4.39. The second-order valence-electron chi connectivity index (χ2n) is 3.47. The van der Waals surface area contributed by atoms with Crippen molar-refractivity contribution in [1.82, 2.24) is 0 Å². The fraction of sp³-hybridized carbons (Fsp3) is 0.250. The van der Waals surface area contributed by atoms with Crippen molar-refractivity contribution in [2.24, 2.45) is 0 Å². The first-order valence-corrected chi connectivity index (χ1v) is 4.99. The van der Waals surface area contributed by atoms with E-state index in [2.05, 4.69) is 4.74 Å². The van der Waals surface area contributed by atoms with Gasteiger partial charge in [0.25, 0.3) is 0 Å². The molecule has 0 bridgehead atoms. The second kappa shape index (κ2) is 5.79.